The summed E-state index contributed by atoms with van der Waals surface area (Å²) in [6.45, 7) is 0.581. The van der Waals surface area contributed by atoms with Crippen molar-refractivity contribution in [2.24, 2.45) is 0 Å². The van der Waals surface area contributed by atoms with Gasteiger partial charge in [-0.1, -0.05) is 6.07 Å². The predicted octanol–water partition coefficient (Wildman–Crippen LogP) is 2.13. The Balaban J connectivity index is 2.01. The molecular formula is C13H15N3O3S. The summed E-state index contributed by atoms with van der Waals surface area (Å²) >= 11 is 1.26. The second-order valence-electron chi connectivity index (χ2n) is 3.95. The summed E-state index contributed by atoms with van der Waals surface area (Å²) in [7, 11) is 2.90. The van der Waals surface area contributed by atoms with Crippen molar-refractivity contribution >= 4 is 28.0 Å². The highest BCUT2D eigenvalue weighted by Gasteiger charge is 2.14. The molecule has 3 N–H and O–H groups in total. The number of thiophene rings is 1. The van der Waals surface area contributed by atoms with E-state index in [2.05, 4.69) is 15.0 Å². The molecule has 7 heteroatoms. The normalized spacial score (nSPS) is 10.1. The molecule has 0 saturated carbocycles. The molecule has 2 aromatic heterocycles. The molecule has 20 heavy (non-hydrogen) atoms. The zero-order valence-corrected chi connectivity index (χ0v) is 12.0. The molecular weight excluding hydrogens is 278 g/mol. The number of ether oxygens (including phenoxy) is 2. The molecule has 0 aliphatic carbocycles. The van der Waals surface area contributed by atoms with Crippen LogP contribution in [-0.4, -0.2) is 25.2 Å². The van der Waals surface area contributed by atoms with Crippen molar-refractivity contribution < 1.29 is 14.3 Å². The van der Waals surface area contributed by atoms with Crippen molar-refractivity contribution in [1.29, 1.82) is 0 Å². The standard InChI is InChI=1S/C13H15N3O3S/c1-18-10-4-3-8(6-15-10)7-16-11-5-9(14)12(20-11)13(17)19-2/h3-6,16H,7,14H2,1-2H3. The number of rotatable bonds is 5. The fourth-order valence-electron chi connectivity index (χ4n) is 1.57. The number of pyridine rings is 1. The molecule has 0 radical (unpaired) electrons. The highest BCUT2D eigenvalue weighted by molar-refractivity contribution is 7.18. The Bertz CT molecular complexity index is 595. The molecule has 0 aliphatic heterocycles. The minimum atomic E-state index is -0.424. The second kappa shape index (κ2) is 6.25. The van der Waals surface area contributed by atoms with Crippen LogP contribution in [0.1, 0.15) is 15.2 Å². The minimum Gasteiger partial charge on any atom is -0.481 e. The summed E-state index contributed by atoms with van der Waals surface area (Å²) in [5, 5.41) is 3.99. The van der Waals surface area contributed by atoms with Crippen LogP contribution in [0.3, 0.4) is 0 Å². The molecule has 2 aromatic rings. The van der Waals surface area contributed by atoms with Crippen LogP contribution in [0.15, 0.2) is 24.4 Å². The number of esters is 1. The first-order valence-corrected chi connectivity index (χ1v) is 6.66. The number of nitrogens with zero attached hydrogens (tertiary/aromatic N) is 1. The van der Waals surface area contributed by atoms with E-state index in [1.165, 1.54) is 18.4 Å². The highest BCUT2D eigenvalue weighted by atomic mass is 32.1. The SMILES string of the molecule is COC(=O)c1sc(NCc2ccc(OC)nc2)cc1N. The molecule has 2 heterocycles. The number of carbonyl (C=O) groups is 1. The topological polar surface area (TPSA) is 86.5 Å². The maximum absolute atomic E-state index is 11.4. The molecule has 0 aromatic carbocycles. The Morgan fingerprint density at radius 3 is 2.85 bits per heavy atom. The van der Waals surface area contributed by atoms with Crippen LogP contribution in [0.4, 0.5) is 10.7 Å². The van der Waals surface area contributed by atoms with Crippen LogP contribution in [-0.2, 0) is 11.3 Å². The van der Waals surface area contributed by atoms with E-state index < -0.39 is 5.97 Å². The summed E-state index contributed by atoms with van der Waals surface area (Å²) in [5.74, 6) is 0.147. The fraction of sp³-hybridized carbons (Fsp3) is 0.231. The Labute approximate surface area is 120 Å². The van der Waals surface area contributed by atoms with Gasteiger partial charge in [0.15, 0.2) is 0 Å². The number of nitrogen functional groups attached to an aromatic ring is 1. The summed E-state index contributed by atoms with van der Waals surface area (Å²) < 4.78 is 9.65. The van der Waals surface area contributed by atoms with Gasteiger partial charge in [-0.25, -0.2) is 9.78 Å². The van der Waals surface area contributed by atoms with E-state index in [1.54, 1.807) is 25.4 Å². The maximum atomic E-state index is 11.4. The van der Waals surface area contributed by atoms with Crippen LogP contribution in [0.5, 0.6) is 5.88 Å². The monoisotopic (exact) mass is 293 g/mol. The van der Waals surface area contributed by atoms with Gasteiger partial charge in [0, 0.05) is 18.8 Å². The van der Waals surface area contributed by atoms with Gasteiger partial charge in [0.25, 0.3) is 0 Å². The zero-order valence-electron chi connectivity index (χ0n) is 11.2. The van der Waals surface area contributed by atoms with Crippen molar-refractivity contribution in [3.63, 3.8) is 0 Å². The van der Waals surface area contributed by atoms with Gasteiger partial charge in [-0.15, -0.1) is 11.3 Å². The van der Waals surface area contributed by atoms with Gasteiger partial charge in [0.05, 0.1) is 24.9 Å². The van der Waals surface area contributed by atoms with Crippen LogP contribution >= 0.6 is 11.3 Å². The highest BCUT2D eigenvalue weighted by Crippen LogP contribution is 2.30. The number of nitrogens with two attached hydrogens (primary N) is 1. The van der Waals surface area contributed by atoms with Crippen molar-refractivity contribution in [3.05, 3.63) is 34.8 Å². The van der Waals surface area contributed by atoms with Crippen molar-refractivity contribution in [2.75, 3.05) is 25.3 Å². The van der Waals surface area contributed by atoms with Gasteiger partial charge in [-0.05, 0) is 11.6 Å². The molecule has 106 valence electrons. The van der Waals surface area contributed by atoms with E-state index in [9.17, 15) is 4.79 Å². The molecule has 0 amide bonds. The first-order valence-electron chi connectivity index (χ1n) is 5.84. The smallest absolute Gasteiger partial charge is 0.350 e. The van der Waals surface area contributed by atoms with Crippen LogP contribution in [0.2, 0.25) is 0 Å². The average molecular weight is 293 g/mol. The van der Waals surface area contributed by atoms with E-state index in [-0.39, 0.29) is 0 Å². The van der Waals surface area contributed by atoms with Gasteiger partial charge in [0.2, 0.25) is 5.88 Å². The first-order chi connectivity index (χ1) is 9.63. The number of hydrogen-bond donors (Lipinski definition) is 2. The van der Waals surface area contributed by atoms with Crippen molar-refractivity contribution in [2.45, 2.75) is 6.54 Å². The van der Waals surface area contributed by atoms with Crippen LogP contribution < -0.4 is 15.8 Å². The third-order valence-electron chi connectivity index (χ3n) is 2.61. The Morgan fingerprint density at radius 2 is 2.25 bits per heavy atom. The minimum absolute atomic E-state index is 0.405. The summed E-state index contributed by atoms with van der Waals surface area (Å²) in [4.78, 5) is 16.0. The largest absolute Gasteiger partial charge is 0.481 e. The summed E-state index contributed by atoms with van der Waals surface area (Å²) in [6.07, 6.45) is 1.73. The van der Waals surface area contributed by atoms with Gasteiger partial charge in [-0.2, -0.15) is 0 Å². The molecule has 0 spiro atoms. The molecule has 2 rings (SSSR count). The number of methoxy groups -OCH3 is 2. The molecule has 0 fully saturated rings. The lowest BCUT2D eigenvalue weighted by atomic mass is 10.3. The van der Waals surface area contributed by atoms with Crippen LogP contribution in [0, 0.1) is 0 Å². The molecule has 0 saturated heterocycles. The third-order valence-corrected chi connectivity index (χ3v) is 3.69. The fourth-order valence-corrected chi connectivity index (χ4v) is 2.46. The average Bonchev–Trinajstić information content (AvgIpc) is 2.86. The Kier molecular flexibility index (Phi) is 4.41. The lowest BCUT2D eigenvalue weighted by Gasteiger charge is -2.04. The summed E-state index contributed by atoms with van der Waals surface area (Å²) in [6, 6.07) is 5.42. The Hall–Kier alpha value is -2.28. The molecule has 0 unspecified atom stereocenters. The van der Waals surface area contributed by atoms with E-state index >= 15 is 0 Å². The lowest BCUT2D eigenvalue weighted by molar-refractivity contribution is 0.0607. The van der Waals surface area contributed by atoms with E-state index in [1.807, 2.05) is 6.07 Å². The van der Waals surface area contributed by atoms with Crippen molar-refractivity contribution in [3.8, 4) is 5.88 Å². The first kappa shape index (κ1) is 14.1. The maximum Gasteiger partial charge on any atom is 0.350 e. The Morgan fingerprint density at radius 1 is 1.45 bits per heavy atom. The molecule has 0 atom stereocenters. The second-order valence-corrected chi connectivity index (χ2v) is 5.00. The third kappa shape index (κ3) is 3.18. The summed E-state index contributed by atoms with van der Waals surface area (Å²) in [5.41, 5.74) is 7.18. The van der Waals surface area contributed by atoms with Gasteiger partial charge >= 0.3 is 5.97 Å². The van der Waals surface area contributed by atoms with Crippen LogP contribution in [0.25, 0.3) is 0 Å². The number of anilines is 2. The number of aromatic nitrogens is 1. The predicted molar refractivity (Wildman–Crippen MR) is 78.2 cm³/mol. The number of carbonyl (C=O) groups excluding carboxylic acids is 1. The van der Waals surface area contributed by atoms with Gasteiger partial charge in [-0.3, -0.25) is 0 Å². The zero-order chi connectivity index (χ0) is 14.5. The number of hydrogen-bond acceptors (Lipinski definition) is 7. The molecule has 0 bridgehead atoms. The molecule has 6 nitrogen and oxygen atoms in total. The molecule has 0 aliphatic rings. The number of nitrogens with one attached hydrogen (secondary N) is 1. The van der Waals surface area contributed by atoms with Crippen molar-refractivity contribution in [1.82, 2.24) is 4.98 Å². The van der Waals surface area contributed by atoms with Gasteiger partial charge in [0.1, 0.15) is 4.88 Å². The lowest BCUT2D eigenvalue weighted by Crippen LogP contribution is -2.01. The van der Waals surface area contributed by atoms with E-state index in [4.69, 9.17) is 10.5 Å². The van der Waals surface area contributed by atoms with E-state index in [0.29, 0.717) is 23.0 Å². The van der Waals surface area contributed by atoms with Gasteiger partial charge < -0.3 is 20.5 Å². The van der Waals surface area contributed by atoms with E-state index in [0.717, 1.165) is 10.6 Å². The quantitative estimate of drug-likeness (QED) is 0.821.